The third-order valence-corrected chi connectivity index (χ3v) is 6.64. The van der Waals surface area contributed by atoms with Crippen LogP contribution in [-0.2, 0) is 11.3 Å². The number of fused-ring (bicyclic) bond motifs is 1. The number of thiazole rings is 1. The largest absolute Gasteiger partial charge is 0.497 e. The van der Waals surface area contributed by atoms with Gasteiger partial charge in [-0.25, -0.2) is 4.98 Å². The van der Waals surface area contributed by atoms with Crippen LogP contribution in [0.15, 0.2) is 53.6 Å². The molecule has 0 spiro atoms. The molecule has 6 nitrogen and oxygen atoms in total. The van der Waals surface area contributed by atoms with E-state index in [9.17, 15) is 4.79 Å². The molecule has 4 rings (SSSR count). The van der Waals surface area contributed by atoms with E-state index in [0.717, 1.165) is 37.8 Å². The summed E-state index contributed by atoms with van der Waals surface area (Å²) in [6.45, 7) is 4.51. The Morgan fingerprint density at radius 3 is 2.52 bits per heavy atom. The minimum Gasteiger partial charge on any atom is -0.497 e. The average molecular weight is 451 g/mol. The normalized spacial score (nSPS) is 10.9. The van der Waals surface area contributed by atoms with Gasteiger partial charge in [0.25, 0.3) is 0 Å². The minimum atomic E-state index is -0.0493. The molecule has 0 aliphatic rings. The van der Waals surface area contributed by atoms with Gasteiger partial charge in [-0.05, 0) is 43.7 Å². The molecule has 2 aromatic carbocycles. The predicted octanol–water partition coefficient (Wildman–Crippen LogP) is 4.79. The molecule has 2 aromatic heterocycles. The Kier molecular flexibility index (Phi) is 6.48. The molecule has 0 saturated heterocycles. The van der Waals surface area contributed by atoms with Crippen molar-refractivity contribution in [2.45, 2.75) is 25.4 Å². The summed E-state index contributed by atoms with van der Waals surface area (Å²) in [5.41, 5.74) is 4.81. The predicted molar refractivity (Wildman–Crippen MR) is 126 cm³/mol. The number of benzene rings is 2. The standard InChI is InChI=1S/C23H22N4O2S2/c1-14-4-6-16(7-5-14)12-24-19(28)13-30-23-21-22(31-15(2)25-21)20(26-27-23)17-8-10-18(29-3)11-9-17/h4-11H,12-13H2,1-3H3,(H,24,28). The van der Waals surface area contributed by atoms with E-state index < -0.39 is 0 Å². The van der Waals surface area contributed by atoms with Crippen LogP contribution in [0, 0.1) is 13.8 Å². The van der Waals surface area contributed by atoms with Crippen LogP contribution >= 0.6 is 23.1 Å². The van der Waals surface area contributed by atoms with E-state index in [1.54, 1.807) is 18.4 Å². The summed E-state index contributed by atoms with van der Waals surface area (Å²) in [5, 5.41) is 13.4. The van der Waals surface area contributed by atoms with Crippen molar-refractivity contribution in [3.05, 3.63) is 64.7 Å². The number of thioether (sulfide) groups is 1. The summed E-state index contributed by atoms with van der Waals surface area (Å²) in [6, 6.07) is 15.8. The zero-order chi connectivity index (χ0) is 21.8. The van der Waals surface area contributed by atoms with Crippen LogP contribution in [0.1, 0.15) is 16.1 Å². The Hall–Kier alpha value is -2.97. The van der Waals surface area contributed by atoms with Gasteiger partial charge in [0.05, 0.1) is 22.6 Å². The Morgan fingerprint density at radius 1 is 1.06 bits per heavy atom. The maximum atomic E-state index is 12.3. The lowest BCUT2D eigenvalue weighted by Gasteiger charge is -2.07. The number of hydrogen-bond acceptors (Lipinski definition) is 7. The molecule has 0 saturated carbocycles. The van der Waals surface area contributed by atoms with E-state index in [0.29, 0.717) is 11.6 Å². The lowest BCUT2D eigenvalue weighted by Crippen LogP contribution is -2.24. The molecule has 0 bridgehead atoms. The molecule has 0 radical (unpaired) electrons. The molecule has 31 heavy (non-hydrogen) atoms. The van der Waals surface area contributed by atoms with Crippen molar-refractivity contribution in [1.29, 1.82) is 0 Å². The Bertz CT molecular complexity index is 1200. The van der Waals surface area contributed by atoms with Gasteiger partial charge in [0.15, 0.2) is 0 Å². The number of methoxy groups -OCH3 is 1. The van der Waals surface area contributed by atoms with Crippen molar-refractivity contribution in [3.63, 3.8) is 0 Å². The lowest BCUT2D eigenvalue weighted by atomic mass is 10.1. The van der Waals surface area contributed by atoms with Crippen LogP contribution in [0.3, 0.4) is 0 Å². The summed E-state index contributed by atoms with van der Waals surface area (Å²) >= 11 is 2.94. The fraction of sp³-hybridized carbons (Fsp3) is 0.217. The lowest BCUT2D eigenvalue weighted by molar-refractivity contribution is -0.118. The van der Waals surface area contributed by atoms with E-state index in [4.69, 9.17) is 4.74 Å². The van der Waals surface area contributed by atoms with Gasteiger partial charge >= 0.3 is 0 Å². The topological polar surface area (TPSA) is 77.0 Å². The highest BCUT2D eigenvalue weighted by molar-refractivity contribution is 8.00. The summed E-state index contributed by atoms with van der Waals surface area (Å²) in [7, 11) is 1.64. The second-order valence-electron chi connectivity index (χ2n) is 7.04. The van der Waals surface area contributed by atoms with Crippen molar-refractivity contribution in [2.75, 3.05) is 12.9 Å². The first kappa shape index (κ1) is 21.3. The number of amides is 1. The van der Waals surface area contributed by atoms with E-state index in [1.165, 1.54) is 17.3 Å². The highest BCUT2D eigenvalue weighted by Crippen LogP contribution is 2.35. The molecule has 2 heterocycles. The zero-order valence-corrected chi connectivity index (χ0v) is 19.1. The van der Waals surface area contributed by atoms with Gasteiger partial charge in [0.1, 0.15) is 22.0 Å². The minimum absolute atomic E-state index is 0.0493. The quantitative estimate of drug-likeness (QED) is 0.408. The van der Waals surface area contributed by atoms with Crippen LogP contribution in [0.5, 0.6) is 5.75 Å². The van der Waals surface area contributed by atoms with Crippen LogP contribution in [0.25, 0.3) is 21.5 Å². The van der Waals surface area contributed by atoms with E-state index >= 15 is 0 Å². The molecule has 4 aromatic rings. The first-order chi connectivity index (χ1) is 15.0. The van der Waals surface area contributed by atoms with Crippen LogP contribution in [0.4, 0.5) is 0 Å². The van der Waals surface area contributed by atoms with Crippen LogP contribution < -0.4 is 10.1 Å². The first-order valence-corrected chi connectivity index (χ1v) is 11.6. The zero-order valence-electron chi connectivity index (χ0n) is 17.5. The SMILES string of the molecule is COc1ccc(-c2nnc(SCC(=O)NCc3ccc(C)cc3)c3nc(C)sc23)cc1. The summed E-state index contributed by atoms with van der Waals surface area (Å²) < 4.78 is 6.21. The Morgan fingerprint density at radius 2 is 1.81 bits per heavy atom. The van der Waals surface area contributed by atoms with Gasteiger partial charge in [-0.15, -0.1) is 21.5 Å². The van der Waals surface area contributed by atoms with Gasteiger partial charge in [0, 0.05) is 12.1 Å². The number of rotatable bonds is 7. The van der Waals surface area contributed by atoms with Crippen molar-refractivity contribution in [3.8, 4) is 17.0 Å². The highest BCUT2D eigenvalue weighted by atomic mass is 32.2. The van der Waals surface area contributed by atoms with E-state index in [-0.39, 0.29) is 11.7 Å². The number of nitrogens with one attached hydrogen (secondary N) is 1. The molecule has 158 valence electrons. The molecule has 0 unspecified atom stereocenters. The summed E-state index contributed by atoms with van der Waals surface area (Å²) in [6.07, 6.45) is 0. The molecule has 0 aliphatic carbocycles. The number of carbonyl (C=O) groups excluding carboxylic acids is 1. The summed E-state index contributed by atoms with van der Waals surface area (Å²) in [5.74, 6) is 0.998. The van der Waals surface area contributed by atoms with Gasteiger partial charge in [-0.1, -0.05) is 41.6 Å². The molecule has 1 amide bonds. The maximum absolute atomic E-state index is 12.3. The second-order valence-corrected chi connectivity index (χ2v) is 9.21. The number of hydrogen-bond donors (Lipinski definition) is 1. The molecule has 0 atom stereocenters. The van der Waals surface area contributed by atoms with E-state index in [1.807, 2.05) is 62.4 Å². The van der Waals surface area contributed by atoms with Crippen LogP contribution in [0.2, 0.25) is 0 Å². The summed E-state index contributed by atoms with van der Waals surface area (Å²) in [4.78, 5) is 17.0. The Labute approximate surface area is 189 Å². The van der Waals surface area contributed by atoms with Gasteiger partial charge in [0.2, 0.25) is 5.91 Å². The molecule has 1 N–H and O–H groups in total. The van der Waals surface area contributed by atoms with Crippen molar-refractivity contribution >= 4 is 39.2 Å². The highest BCUT2D eigenvalue weighted by Gasteiger charge is 2.17. The maximum Gasteiger partial charge on any atom is 0.230 e. The van der Waals surface area contributed by atoms with Crippen molar-refractivity contribution in [2.24, 2.45) is 0 Å². The van der Waals surface area contributed by atoms with Gasteiger partial charge in [-0.3, -0.25) is 4.79 Å². The third-order valence-electron chi connectivity index (χ3n) is 4.71. The number of nitrogens with zero attached hydrogens (tertiary/aromatic N) is 3. The Balaban J connectivity index is 1.48. The molecular weight excluding hydrogens is 428 g/mol. The molecule has 0 aliphatic heterocycles. The van der Waals surface area contributed by atoms with Crippen LogP contribution in [-0.4, -0.2) is 34.0 Å². The number of ether oxygens (including phenoxy) is 1. The first-order valence-electron chi connectivity index (χ1n) is 9.77. The van der Waals surface area contributed by atoms with Crippen molar-refractivity contribution < 1.29 is 9.53 Å². The smallest absolute Gasteiger partial charge is 0.230 e. The van der Waals surface area contributed by atoms with Crippen molar-refractivity contribution in [1.82, 2.24) is 20.5 Å². The molecule has 8 heteroatoms. The fourth-order valence-corrected chi connectivity index (χ4v) is 4.79. The second kappa shape index (κ2) is 9.45. The fourth-order valence-electron chi connectivity index (χ4n) is 3.05. The van der Waals surface area contributed by atoms with Gasteiger partial charge < -0.3 is 10.1 Å². The van der Waals surface area contributed by atoms with Gasteiger partial charge in [-0.2, -0.15) is 0 Å². The monoisotopic (exact) mass is 450 g/mol. The number of aromatic nitrogens is 3. The molecular formula is C23H22N4O2S2. The average Bonchev–Trinajstić information content (AvgIpc) is 3.18. The third kappa shape index (κ3) is 5.03. The van der Waals surface area contributed by atoms with E-state index in [2.05, 4.69) is 20.5 Å². The number of aryl methyl sites for hydroxylation is 2. The molecule has 0 fully saturated rings. The number of carbonyl (C=O) groups is 1.